The molecule has 2 aliphatic rings. The minimum Gasteiger partial charge on any atom is -0.455 e. The SMILES string of the molecule is Cc1ccc(C(=O)O[C@H]2CC23OC(O)[C@](C)(O)[C@@H]3OC(=O)c2ccc(C)cc2)cc1. The molecular weight excluding hydrogens is 388 g/mol. The van der Waals surface area contributed by atoms with Crippen LogP contribution in [0.3, 0.4) is 0 Å². The highest BCUT2D eigenvalue weighted by Gasteiger charge is 2.76. The van der Waals surface area contributed by atoms with Crippen LogP contribution in [0.5, 0.6) is 0 Å². The normalized spacial score (nSPS) is 32.1. The summed E-state index contributed by atoms with van der Waals surface area (Å²) in [6, 6.07) is 13.7. The van der Waals surface area contributed by atoms with Crippen LogP contribution >= 0.6 is 0 Å². The van der Waals surface area contributed by atoms with Gasteiger partial charge in [-0.15, -0.1) is 0 Å². The average Bonchev–Trinajstić information content (AvgIpc) is 3.34. The van der Waals surface area contributed by atoms with Gasteiger partial charge in [-0.3, -0.25) is 0 Å². The quantitative estimate of drug-likeness (QED) is 0.743. The summed E-state index contributed by atoms with van der Waals surface area (Å²) in [5.41, 5.74) is -0.465. The van der Waals surface area contributed by atoms with E-state index in [1.807, 2.05) is 13.8 Å². The molecule has 1 saturated heterocycles. The fourth-order valence-electron chi connectivity index (χ4n) is 3.76. The van der Waals surface area contributed by atoms with E-state index >= 15 is 0 Å². The first kappa shape index (κ1) is 20.5. The van der Waals surface area contributed by atoms with Crippen LogP contribution in [0.15, 0.2) is 48.5 Å². The summed E-state index contributed by atoms with van der Waals surface area (Å²) in [7, 11) is 0. The molecule has 2 aromatic rings. The van der Waals surface area contributed by atoms with E-state index < -0.39 is 41.6 Å². The molecule has 2 fully saturated rings. The van der Waals surface area contributed by atoms with Crippen molar-refractivity contribution in [3.8, 4) is 0 Å². The van der Waals surface area contributed by atoms with Gasteiger partial charge in [-0.05, 0) is 45.0 Å². The number of rotatable bonds is 4. The number of aryl methyl sites for hydroxylation is 2. The van der Waals surface area contributed by atoms with E-state index in [1.54, 1.807) is 48.5 Å². The van der Waals surface area contributed by atoms with E-state index in [2.05, 4.69) is 0 Å². The third-order valence-electron chi connectivity index (χ3n) is 5.74. The van der Waals surface area contributed by atoms with Crippen LogP contribution < -0.4 is 0 Å². The predicted molar refractivity (Wildman–Crippen MR) is 106 cm³/mol. The molecule has 2 N–H and O–H groups in total. The van der Waals surface area contributed by atoms with Crippen LogP contribution in [0.1, 0.15) is 45.2 Å². The van der Waals surface area contributed by atoms with E-state index in [0.29, 0.717) is 11.1 Å². The lowest BCUT2D eigenvalue weighted by Gasteiger charge is -2.28. The van der Waals surface area contributed by atoms with Crippen molar-refractivity contribution in [1.82, 2.24) is 0 Å². The van der Waals surface area contributed by atoms with E-state index in [1.165, 1.54) is 6.92 Å². The molecule has 7 heteroatoms. The predicted octanol–water partition coefficient (Wildman–Crippen LogP) is 2.30. The number of ether oxygens (including phenoxy) is 3. The van der Waals surface area contributed by atoms with Gasteiger partial charge in [0.05, 0.1) is 11.1 Å². The van der Waals surface area contributed by atoms with Crippen LogP contribution in [-0.4, -0.2) is 51.9 Å². The summed E-state index contributed by atoms with van der Waals surface area (Å²) in [5, 5.41) is 21.0. The van der Waals surface area contributed by atoms with Crippen molar-refractivity contribution in [2.24, 2.45) is 0 Å². The maximum atomic E-state index is 12.6. The van der Waals surface area contributed by atoms with Gasteiger partial charge in [-0.2, -0.15) is 0 Å². The van der Waals surface area contributed by atoms with Crippen LogP contribution in [-0.2, 0) is 14.2 Å². The maximum absolute atomic E-state index is 12.6. The van der Waals surface area contributed by atoms with Gasteiger partial charge in [0.1, 0.15) is 6.10 Å². The zero-order valence-corrected chi connectivity index (χ0v) is 17.0. The average molecular weight is 412 g/mol. The topological polar surface area (TPSA) is 102 Å². The Morgan fingerprint density at radius 3 is 1.90 bits per heavy atom. The molecule has 1 heterocycles. The number of hydrogen-bond acceptors (Lipinski definition) is 7. The first-order valence-corrected chi connectivity index (χ1v) is 9.77. The zero-order valence-electron chi connectivity index (χ0n) is 17.0. The van der Waals surface area contributed by atoms with Gasteiger partial charge in [0.15, 0.2) is 23.6 Å². The van der Waals surface area contributed by atoms with Gasteiger partial charge in [0, 0.05) is 6.42 Å². The largest absolute Gasteiger partial charge is 0.455 e. The Morgan fingerprint density at radius 2 is 1.40 bits per heavy atom. The van der Waals surface area contributed by atoms with Crippen LogP contribution in [0, 0.1) is 13.8 Å². The molecule has 4 rings (SSSR count). The van der Waals surface area contributed by atoms with Gasteiger partial charge in [0.2, 0.25) is 0 Å². The van der Waals surface area contributed by atoms with Gasteiger partial charge < -0.3 is 24.4 Å². The minimum atomic E-state index is -1.86. The monoisotopic (exact) mass is 412 g/mol. The van der Waals surface area contributed by atoms with Crippen molar-refractivity contribution in [2.75, 3.05) is 0 Å². The van der Waals surface area contributed by atoms with Crippen molar-refractivity contribution in [2.45, 2.75) is 56.9 Å². The third-order valence-corrected chi connectivity index (χ3v) is 5.74. The van der Waals surface area contributed by atoms with Crippen molar-refractivity contribution in [3.05, 3.63) is 70.8 Å². The number of aliphatic hydroxyl groups excluding tert-OH is 1. The van der Waals surface area contributed by atoms with Crippen molar-refractivity contribution in [3.63, 3.8) is 0 Å². The molecule has 0 radical (unpaired) electrons. The molecule has 30 heavy (non-hydrogen) atoms. The first-order valence-electron chi connectivity index (χ1n) is 9.77. The van der Waals surface area contributed by atoms with Crippen LogP contribution in [0.2, 0.25) is 0 Å². The van der Waals surface area contributed by atoms with Crippen LogP contribution in [0.25, 0.3) is 0 Å². The fraction of sp³-hybridized carbons (Fsp3) is 0.391. The molecule has 1 aliphatic heterocycles. The molecule has 2 aromatic carbocycles. The second-order valence-electron chi connectivity index (χ2n) is 8.27. The Hall–Kier alpha value is -2.74. The van der Waals surface area contributed by atoms with Gasteiger partial charge in [-0.25, -0.2) is 9.59 Å². The van der Waals surface area contributed by atoms with E-state index in [9.17, 15) is 19.8 Å². The minimum absolute atomic E-state index is 0.198. The highest BCUT2D eigenvalue weighted by atomic mass is 16.7. The van der Waals surface area contributed by atoms with Gasteiger partial charge >= 0.3 is 11.9 Å². The lowest BCUT2D eigenvalue weighted by atomic mass is 9.95. The lowest BCUT2D eigenvalue weighted by Crippen LogP contribution is -2.49. The Bertz CT molecular complexity index is 964. The zero-order chi connectivity index (χ0) is 21.7. The van der Waals surface area contributed by atoms with E-state index in [-0.39, 0.29) is 6.42 Å². The van der Waals surface area contributed by atoms with Crippen molar-refractivity contribution in [1.29, 1.82) is 0 Å². The molecule has 1 spiro atoms. The molecule has 0 amide bonds. The van der Waals surface area contributed by atoms with Gasteiger partial charge in [-0.1, -0.05) is 35.4 Å². The second kappa shape index (κ2) is 7.19. The summed E-state index contributed by atoms with van der Waals surface area (Å²) >= 11 is 0. The van der Waals surface area contributed by atoms with Gasteiger partial charge in [0.25, 0.3) is 0 Å². The fourth-order valence-corrected chi connectivity index (χ4v) is 3.76. The molecule has 0 bridgehead atoms. The van der Waals surface area contributed by atoms with Crippen LogP contribution in [0.4, 0.5) is 0 Å². The first-order chi connectivity index (χ1) is 14.1. The molecule has 1 saturated carbocycles. The van der Waals surface area contributed by atoms with E-state index in [0.717, 1.165) is 11.1 Å². The summed E-state index contributed by atoms with van der Waals surface area (Å²) in [4.78, 5) is 25.1. The third kappa shape index (κ3) is 3.49. The lowest BCUT2D eigenvalue weighted by molar-refractivity contribution is -0.172. The van der Waals surface area contributed by atoms with Crippen molar-refractivity contribution < 1.29 is 34.0 Å². The summed E-state index contributed by atoms with van der Waals surface area (Å²) in [6.45, 7) is 5.14. The highest BCUT2D eigenvalue weighted by molar-refractivity contribution is 5.90. The molecule has 7 nitrogen and oxygen atoms in total. The number of hydrogen-bond donors (Lipinski definition) is 2. The number of benzene rings is 2. The summed E-state index contributed by atoms with van der Waals surface area (Å²) < 4.78 is 16.7. The van der Waals surface area contributed by atoms with E-state index in [4.69, 9.17) is 14.2 Å². The second-order valence-corrected chi connectivity index (χ2v) is 8.27. The number of aliphatic hydroxyl groups is 2. The molecule has 2 unspecified atom stereocenters. The Morgan fingerprint density at radius 1 is 0.933 bits per heavy atom. The molecule has 0 aromatic heterocycles. The Kier molecular flexibility index (Phi) is 4.92. The van der Waals surface area contributed by atoms with Crippen molar-refractivity contribution >= 4 is 11.9 Å². The highest BCUT2D eigenvalue weighted by Crippen LogP contribution is 2.56. The Labute approximate surface area is 174 Å². The maximum Gasteiger partial charge on any atom is 0.338 e. The number of carbonyl (C=O) groups is 2. The standard InChI is InChI=1S/C23H24O7/c1-13-4-8-15(9-5-13)18(24)28-17-12-23(17)20(22(3,27)21(26)30-23)29-19(25)16-10-6-14(2)7-11-16/h4-11,17,20-21,26-27H,12H2,1-3H3/t17-,20-,21?,22+,23?/m0/s1. The summed E-state index contributed by atoms with van der Waals surface area (Å²) in [6.07, 6.45) is -3.35. The molecule has 5 atom stereocenters. The number of carbonyl (C=O) groups excluding carboxylic acids is 2. The smallest absolute Gasteiger partial charge is 0.338 e. The number of esters is 2. The molecular formula is C23H24O7. The Balaban J connectivity index is 1.51. The molecule has 158 valence electrons. The summed E-state index contributed by atoms with van der Waals surface area (Å²) in [5.74, 6) is -1.21. The molecule has 1 aliphatic carbocycles.